The molecular formula is C16H18N4O. The molecule has 1 amide bonds. The monoisotopic (exact) mass is 282 g/mol. The maximum Gasteiger partial charge on any atom is 0.256 e. The first-order chi connectivity index (χ1) is 10.2. The Morgan fingerprint density at radius 1 is 1.29 bits per heavy atom. The predicted molar refractivity (Wildman–Crippen MR) is 81.1 cm³/mol. The van der Waals surface area contributed by atoms with E-state index in [0.717, 1.165) is 42.1 Å². The van der Waals surface area contributed by atoms with E-state index in [9.17, 15) is 4.79 Å². The summed E-state index contributed by atoms with van der Waals surface area (Å²) in [5.74, 6) is 0.963. The van der Waals surface area contributed by atoms with Gasteiger partial charge in [0.25, 0.3) is 5.91 Å². The second-order valence-corrected chi connectivity index (χ2v) is 5.23. The fourth-order valence-electron chi connectivity index (χ4n) is 2.42. The molecule has 0 saturated heterocycles. The molecule has 0 aromatic carbocycles. The summed E-state index contributed by atoms with van der Waals surface area (Å²) in [5.41, 5.74) is 2.77. The zero-order chi connectivity index (χ0) is 14.7. The zero-order valence-corrected chi connectivity index (χ0v) is 12.0. The Hall–Kier alpha value is -2.43. The van der Waals surface area contributed by atoms with Gasteiger partial charge in [0.05, 0.1) is 17.8 Å². The third-order valence-electron chi connectivity index (χ3n) is 3.57. The highest BCUT2D eigenvalue weighted by molar-refractivity contribution is 5.97. The van der Waals surface area contributed by atoms with Crippen LogP contribution in [0.2, 0.25) is 0 Å². The number of nitrogens with one attached hydrogen (secondary N) is 1. The molecule has 3 heterocycles. The molecule has 5 nitrogen and oxygen atoms in total. The molecule has 0 aliphatic carbocycles. The first-order valence-electron chi connectivity index (χ1n) is 7.14. The van der Waals surface area contributed by atoms with Crippen molar-refractivity contribution in [2.45, 2.75) is 19.9 Å². The van der Waals surface area contributed by atoms with Crippen LogP contribution in [0.4, 0.5) is 5.82 Å². The molecule has 0 saturated carbocycles. The van der Waals surface area contributed by atoms with E-state index in [1.165, 1.54) is 0 Å². The minimum atomic E-state index is 0.0894. The lowest BCUT2D eigenvalue weighted by Gasteiger charge is -2.15. The molecule has 0 radical (unpaired) electrons. The van der Waals surface area contributed by atoms with E-state index in [1.54, 1.807) is 6.20 Å². The van der Waals surface area contributed by atoms with Crippen LogP contribution in [0.5, 0.6) is 0 Å². The number of nitrogens with zero attached hydrogens (tertiary/aromatic N) is 3. The fraction of sp³-hybridized carbons (Fsp3) is 0.312. The molecule has 5 heteroatoms. The number of fused-ring (bicyclic) bond motifs is 1. The van der Waals surface area contributed by atoms with Gasteiger partial charge in [0.1, 0.15) is 5.82 Å². The lowest BCUT2D eigenvalue weighted by atomic mass is 10.2. The maximum absolute atomic E-state index is 12.2. The zero-order valence-electron chi connectivity index (χ0n) is 12.0. The lowest BCUT2D eigenvalue weighted by Crippen LogP contribution is -2.26. The summed E-state index contributed by atoms with van der Waals surface area (Å²) in [6.07, 6.45) is 4.46. The summed E-state index contributed by atoms with van der Waals surface area (Å²) in [4.78, 5) is 22.5. The first kappa shape index (κ1) is 13.5. The van der Waals surface area contributed by atoms with Crippen molar-refractivity contribution in [3.8, 4) is 0 Å². The molecule has 0 spiro atoms. The van der Waals surface area contributed by atoms with E-state index in [4.69, 9.17) is 0 Å². The molecular weight excluding hydrogens is 264 g/mol. The Labute approximate surface area is 124 Å². The Kier molecular flexibility index (Phi) is 3.81. The van der Waals surface area contributed by atoms with Crippen molar-refractivity contribution < 1.29 is 4.79 Å². The van der Waals surface area contributed by atoms with Gasteiger partial charge >= 0.3 is 0 Å². The smallest absolute Gasteiger partial charge is 0.256 e. The van der Waals surface area contributed by atoms with Crippen molar-refractivity contribution in [1.29, 1.82) is 0 Å². The second kappa shape index (κ2) is 5.91. The number of pyridine rings is 2. The molecule has 108 valence electrons. The number of carbonyl (C=O) groups is 1. The van der Waals surface area contributed by atoms with Crippen LogP contribution in [0.15, 0.2) is 36.7 Å². The molecule has 0 bridgehead atoms. The minimum Gasteiger partial charge on any atom is -0.370 e. The van der Waals surface area contributed by atoms with Crippen LogP contribution in [0.3, 0.4) is 0 Å². The Bertz CT molecular complexity index is 639. The largest absolute Gasteiger partial charge is 0.370 e. The van der Waals surface area contributed by atoms with Gasteiger partial charge in [0, 0.05) is 25.5 Å². The fourth-order valence-corrected chi connectivity index (χ4v) is 2.42. The molecule has 0 atom stereocenters. The number of amides is 1. The molecule has 2 aromatic rings. The predicted octanol–water partition coefficient (Wildman–Crippen LogP) is 2.24. The minimum absolute atomic E-state index is 0.0894. The SMILES string of the molecule is Cc1ccc(NCCCN2Cc3ncccc3C2=O)nc1. The topological polar surface area (TPSA) is 58.1 Å². The van der Waals surface area contributed by atoms with Gasteiger partial charge in [-0.1, -0.05) is 6.07 Å². The Morgan fingerprint density at radius 2 is 2.19 bits per heavy atom. The van der Waals surface area contributed by atoms with Crippen molar-refractivity contribution in [2.24, 2.45) is 0 Å². The van der Waals surface area contributed by atoms with Gasteiger partial charge in [-0.2, -0.15) is 0 Å². The number of carbonyl (C=O) groups excluding carboxylic acids is 1. The number of anilines is 1. The van der Waals surface area contributed by atoms with Crippen molar-refractivity contribution in [3.63, 3.8) is 0 Å². The summed E-state index contributed by atoms with van der Waals surface area (Å²) in [5, 5.41) is 3.27. The molecule has 0 fully saturated rings. The second-order valence-electron chi connectivity index (χ2n) is 5.23. The highest BCUT2D eigenvalue weighted by atomic mass is 16.2. The molecule has 2 aromatic heterocycles. The van der Waals surface area contributed by atoms with Crippen LogP contribution in [0.1, 0.15) is 28.0 Å². The van der Waals surface area contributed by atoms with Crippen molar-refractivity contribution >= 4 is 11.7 Å². The third-order valence-corrected chi connectivity index (χ3v) is 3.57. The van der Waals surface area contributed by atoms with Gasteiger partial charge in [-0.15, -0.1) is 0 Å². The average Bonchev–Trinajstić information content (AvgIpc) is 2.82. The molecule has 0 unspecified atom stereocenters. The quantitative estimate of drug-likeness (QED) is 0.854. The van der Waals surface area contributed by atoms with E-state index in [2.05, 4.69) is 15.3 Å². The van der Waals surface area contributed by atoms with Crippen molar-refractivity contribution in [3.05, 3.63) is 53.5 Å². The van der Waals surface area contributed by atoms with E-state index in [0.29, 0.717) is 6.54 Å². The van der Waals surface area contributed by atoms with Crippen molar-refractivity contribution in [2.75, 3.05) is 18.4 Å². The molecule has 1 aliphatic rings. The standard InChI is InChI=1S/C16H18N4O/c1-12-5-6-15(19-10-12)18-8-3-9-20-11-14-13(16(20)21)4-2-7-17-14/h2,4-7,10H,3,8-9,11H2,1H3,(H,18,19). The van der Waals surface area contributed by atoms with E-state index >= 15 is 0 Å². The summed E-state index contributed by atoms with van der Waals surface area (Å²) >= 11 is 0. The lowest BCUT2D eigenvalue weighted by molar-refractivity contribution is 0.0777. The van der Waals surface area contributed by atoms with Gasteiger partial charge in [0.15, 0.2) is 0 Å². The summed E-state index contributed by atoms with van der Waals surface area (Å²) in [6, 6.07) is 7.65. The number of hydrogen-bond acceptors (Lipinski definition) is 4. The van der Waals surface area contributed by atoms with Crippen LogP contribution in [-0.2, 0) is 6.54 Å². The van der Waals surface area contributed by atoms with Crippen molar-refractivity contribution in [1.82, 2.24) is 14.9 Å². The van der Waals surface area contributed by atoms with Crippen LogP contribution in [-0.4, -0.2) is 33.9 Å². The molecule has 21 heavy (non-hydrogen) atoms. The number of aromatic nitrogens is 2. The number of rotatable bonds is 5. The van der Waals surface area contributed by atoms with Gasteiger partial charge < -0.3 is 10.2 Å². The normalized spacial score (nSPS) is 13.4. The van der Waals surface area contributed by atoms with Gasteiger partial charge in [-0.3, -0.25) is 9.78 Å². The first-order valence-corrected chi connectivity index (χ1v) is 7.14. The van der Waals surface area contributed by atoms with Gasteiger partial charge in [0.2, 0.25) is 0 Å². The summed E-state index contributed by atoms with van der Waals surface area (Å²) in [6.45, 7) is 4.16. The highest BCUT2D eigenvalue weighted by Gasteiger charge is 2.27. The Balaban J connectivity index is 1.47. The van der Waals surface area contributed by atoms with Crippen LogP contribution < -0.4 is 5.32 Å². The molecule has 1 N–H and O–H groups in total. The molecule has 3 rings (SSSR count). The maximum atomic E-state index is 12.2. The average molecular weight is 282 g/mol. The van der Waals surface area contributed by atoms with E-state index < -0.39 is 0 Å². The summed E-state index contributed by atoms with van der Waals surface area (Å²) in [7, 11) is 0. The Morgan fingerprint density at radius 3 is 2.95 bits per heavy atom. The number of aryl methyl sites for hydroxylation is 1. The summed E-state index contributed by atoms with van der Waals surface area (Å²) < 4.78 is 0. The van der Waals surface area contributed by atoms with Gasteiger partial charge in [-0.05, 0) is 37.1 Å². The third kappa shape index (κ3) is 3.02. The highest BCUT2D eigenvalue weighted by Crippen LogP contribution is 2.20. The van der Waals surface area contributed by atoms with Crippen LogP contribution >= 0.6 is 0 Å². The van der Waals surface area contributed by atoms with E-state index in [1.807, 2.05) is 42.3 Å². The number of hydrogen-bond donors (Lipinski definition) is 1. The van der Waals surface area contributed by atoms with Crippen LogP contribution in [0, 0.1) is 6.92 Å². The van der Waals surface area contributed by atoms with Gasteiger partial charge in [-0.25, -0.2) is 4.98 Å². The molecule has 1 aliphatic heterocycles. The van der Waals surface area contributed by atoms with Crippen LogP contribution in [0.25, 0.3) is 0 Å². The van der Waals surface area contributed by atoms with E-state index in [-0.39, 0.29) is 5.91 Å².